The number of hydrogen-bond donors (Lipinski definition) is 0. The molecule has 14 heavy (non-hydrogen) atoms. The average Bonchev–Trinajstić information content (AvgIpc) is 2.97. The fourth-order valence-corrected chi connectivity index (χ4v) is 3.36. The largest absolute Gasteiger partial charge is 0.119 e. The summed E-state index contributed by atoms with van der Waals surface area (Å²) in [6, 6.07) is 10.7. The minimum atomic E-state index is 0.723. The topological polar surface area (TPSA) is 0 Å². The van der Waals surface area contributed by atoms with Gasteiger partial charge in [-0.2, -0.15) is 0 Å². The normalized spacial score (nSPS) is 33.9. The van der Waals surface area contributed by atoms with Crippen LogP contribution in [0.25, 0.3) is 0 Å². The number of thioether (sulfide) groups is 1. The van der Waals surface area contributed by atoms with E-state index in [0.29, 0.717) is 0 Å². The van der Waals surface area contributed by atoms with Crippen molar-refractivity contribution in [2.75, 3.05) is 0 Å². The third-order valence-electron chi connectivity index (χ3n) is 3.12. The Labute approximate surface area is 89.4 Å². The van der Waals surface area contributed by atoms with Crippen molar-refractivity contribution in [3.63, 3.8) is 0 Å². The van der Waals surface area contributed by atoms with Gasteiger partial charge in [-0.3, -0.25) is 0 Å². The summed E-state index contributed by atoms with van der Waals surface area (Å²) < 4.78 is 0. The molecule has 0 N–H and O–H groups in total. The van der Waals surface area contributed by atoms with Crippen LogP contribution in [0.5, 0.6) is 0 Å². The first kappa shape index (κ1) is 8.60. The van der Waals surface area contributed by atoms with Gasteiger partial charge in [0, 0.05) is 10.1 Å². The maximum Gasteiger partial charge on any atom is 0.0277 e. The highest BCUT2D eigenvalue weighted by atomic mass is 32.2. The van der Waals surface area contributed by atoms with Gasteiger partial charge >= 0.3 is 0 Å². The third-order valence-corrected chi connectivity index (χ3v) is 4.31. The van der Waals surface area contributed by atoms with Crippen molar-refractivity contribution in [3.8, 4) is 0 Å². The van der Waals surface area contributed by atoms with Crippen molar-refractivity contribution < 1.29 is 0 Å². The molecule has 0 amide bonds. The Morgan fingerprint density at radius 2 is 1.86 bits per heavy atom. The molecule has 1 saturated carbocycles. The van der Waals surface area contributed by atoms with Gasteiger partial charge in [0.1, 0.15) is 0 Å². The molecule has 0 nitrogen and oxygen atoms in total. The van der Waals surface area contributed by atoms with E-state index in [4.69, 9.17) is 0 Å². The van der Waals surface area contributed by atoms with Gasteiger partial charge in [0.05, 0.1) is 0 Å². The zero-order chi connectivity index (χ0) is 9.38. The Hall–Kier alpha value is -0.690. The van der Waals surface area contributed by atoms with Gasteiger partial charge in [-0.25, -0.2) is 0 Å². The Morgan fingerprint density at radius 1 is 1.00 bits per heavy atom. The molecule has 1 heteroatoms. The highest BCUT2D eigenvalue weighted by Gasteiger charge is 2.38. The fraction of sp³-hybridized carbons (Fsp3) is 0.385. The van der Waals surface area contributed by atoms with Crippen molar-refractivity contribution in [3.05, 3.63) is 42.5 Å². The molecule has 0 heterocycles. The van der Waals surface area contributed by atoms with Crippen molar-refractivity contribution in [1.29, 1.82) is 0 Å². The molecule has 2 aliphatic rings. The van der Waals surface area contributed by atoms with Gasteiger partial charge in [0.25, 0.3) is 0 Å². The zero-order valence-electron chi connectivity index (χ0n) is 8.10. The number of fused-ring (bicyclic) bond motifs is 1. The second kappa shape index (κ2) is 3.47. The van der Waals surface area contributed by atoms with E-state index >= 15 is 0 Å². The van der Waals surface area contributed by atoms with Crippen LogP contribution in [0.4, 0.5) is 0 Å². The van der Waals surface area contributed by atoms with E-state index in [1.807, 2.05) is 11.8 Å². The van der Waals surface area contributed by atoms with Crippen LogP contribution in [0.3, 0.4) is 0 Å². The van der Waals surface area contributed by atoms with Crippen molar-refractivity contribution in [1.82, 2.24) is 0 Å². The first-order chi connectivity index (χ1) is 6.92. The lowest BCUT2D eigenvalue weighted by Gasteiger charge is -2.15. The van der Waals surface area contributed by atoms with Crippen LogP contribution in [-0.2, 0) is 0 Å². The molecule has 0 saturated heterocycles. The molecule has 0 radical (unpaired) electrons. The molecule has 0 aromatic heterocycles. The van der Waals surface area contributed by atoms with E-state index in [1.54, 1.807) is 0 Å². The number of benzene rings is 1. The maximum absolute atomic E-state index is 2.43. The quantitative estimate of drug-likeness (QED) is 0.658. The van der Waals surface area contributed by atoms with E-state index in [1.165, 1.54) is 17.7 Å². The minimum Gasteiger partial charge on any atom is -0.119 e. The van der Waals surface area contributed by atoms with Gasteiger partial charge in [-0.05, 0) is 36.8 Å². The van der Waals surface area contributed by atoms with Gasteiger partial charge in [0.15, 0.2) is 0 Å². The molecule has 1 aromatic rings. The summed E-state index contributed by atoms with van der Waals surface area (Å²) >= 11 is 2.01. The van der Waals surface area contributed by atoms with Crippen LogP contribution in [0.15, 0.2) is 47.4 Å². The monoisotopic (exact) mass is 202 g/mol. The van der Waals surface area contributed by atoms with Crippen LogP contribution in [0.2, 0.25) is 0 Å². The fourth-order valence-electron chi connectivity index (χ4n) is 2.18. The van der Waals surface area contributed by atoms with Crippen LogP contribution in [-0.4, -0.2) is 5.25 Å². The molecule has 2 aliphatic carbocycles. The summed E-state index contributed by atoms with van der Waals surface area (Å²) in [6.07, 6.45) is 7.67. The van der Waals surface area contributed by atoms with E-state index in [-0.39, 0.29) is 0 Å². The van der Waals surface area contributed by atoms with Crippen molar-refractivity contribution in [2.24, 2.45) is 11.8 Å². The predicted molar refractivity (Wildman–Crippen MR) is 61.4 cm³/mol. The van der Waals surface area contributed by atoms with E-state index in [0.717, 1.165) is 17.1 Å². The molecular formula is C13H14S. The number of allylic oxidation sites excluding steroid dienone is 1. The van der Waals surface area contributed by atoms with E-state index in [9.17, 15) is 0 Å². The first-order valence-corrected chi connectivity index (χ1v) is 6.20. The second-order valence-corrected chi connectivity index (χ2v) is 5.56. The van der Waals surface area contributed by atoms with Crippen molar-refractivity contribution in [2.45, 2.75) is 23.0 Å². The summed E-state index contributed by atoms with van der Waals surface area (Å²) in [5.74, 6) is 1.96. The number of rotatable bonds is 2. The Bertz CT molecular complexity index is 342. The lowest BCUT2D eigenvalue weighted by molar-refractivity contribution is 0.692. The smallest absolute Gasteiger partial charge is 0.0277 e. The third kappa shape index (κ3) is 1.74. The molecular weight excluding hydrogens is 188 g/mol. The van der Waals surface area contributed by atoms with Gasteiger partial charge in [0.2, 0.25) is 0 Å². The number of hydrogen-bond acceptors (Lipinski definition) is 1. The van der Waals surface area contributed by atoms with Crippen LogP contribution in [0, 0.1) is 11.8 Å². The highest BCUT2D eigenvalue weighted by molar-refractivity contribution is 8.00. The van der Waals surface area contributed by atoms with E-state index < -0.39 is 0 Å². The molecule has 0 spiro atoms. The molecule has 3 atom stereocenters. The van der Waals surface area contributed by atoms with E-state index in [2.05, 4.69) is 42.5 Å². The molecule has 72 valence electrons. The Balaban J connectivity index is 1.68. The molecule has 3 unspecified atom stereocenters. The van der Waals surface area contributed by atoms with Crippen LogP contribution >= 0.6 is 11.8 Å². The van der Waals surface area contributed by atoms with Gasteiger partial charge in [-0.1, -0.05) is 30.4 Å². The highest BCUT2D eigenvalue weighted by Crippen LogP contribution is 2.49. The maximum atomic E-state index is 2.43. The molecule has 1 fully saturated rings. The summed E-state index contributed by atoms with van der Waals surface area (Å²) in [5.41, 5.74) is 0. The lowest BCUT2D eigenvalue weighted by atomic mass is 10.1. The predicted octanol–water partition coefficient (Wildman–Crippen LogP) is 3.74. The van der Waals surface area contributed by atoms with Crippen molar-refractivity contribution >= 4 is 11.8 Å². The molecule has 3 rings (SSSR count). The summed E-state index contributed by atoms with van der Waals surface area (Å²) in [6.45, 7) is 0. The summed E-state index contributed by atoms with van der Waals surface area (Å²) in [5, 5.41) is 0.723. The Morgan fingerprint density at radius 3 is 2.64 bits per heavy atom. The zero-order valence-corrected chi connectivity index (χ0v) is 8.91. The Kier molecular flexibility index (Phi) is 2.13. The van der Waals surface area contributed by atoms with Crippen LogP contribution < -0.4 is 0 Å². The lowest BCUT2D eigenvalue weighted by Crippen LogP contribution is -2.04. The first-order valence-electron chi connectivity index (χ1n) is 5.32. The van der Waals surface area contributed by atoms with Crippen LogP contribution in [0.1, 0.15) is 12.8 Å². The minimum absolute atomic E-state index is 0.723. The summed E-state index contributed by atoms with van der Waals surface area (Å²) in [7, 11) is 0. The molecule has 0 bridgehead atoms. The molecule has 0 aliphatic heterocycles. The SMILES string of the molecule is C1=CC2CC2CC1Sc1ccccc1. The summed E-state index contributed by atoms with van der Waals surface area (Å²) in [4.78, 5) is 1.40. The standard InChI is InChI=1S/C13H14S/c1-2-4-12(5-3-1)14-13-7-6-10-8-11(10)9-13/h1-7,10-11,13H,8-9H2. The van der Waals surface area contributed by atoms with Gasteiger partial charge in [-0.15, -0.1) is 11.8 Å². The average molecular weight is 202 g/mol. The molecule has 1 aromatic carbocycles. The van der Waals surface area contributed by atoms with Gasteiger partial charge < -0.3 is 0 Å². The second-order valence-electron chi connectivity index (χ2n) is 4.25.